The molecule has 0 amide bonds. The monoisotopic (exact) mass is 352 g/mol. The maximum Gasteiger partial charge on any atom is 0.164 e. The van der Waals surface area contributed by atoms with Crippen molar-refractivity contribution >= 4 is 33.0 Å². The molecule has 2 aromatic rings. The molecule has 0 radical (unpaired) electrons. The number of carbonyl (C=O) groups is 1. The summed E-state index contributed by atoms with van der Waals surface area (Å²) in [7, 11) is 2.02. The van der Waals surface area contributed by atoms with Gasteiger partial charge in [-0.15, -0.1) is 11.3 Å². The molecule has 20 heavy (non-hydrogen) atoms. The van der Waals surface area contributed by atoms with E-state index in [0.717, 1.165) is 33.8 Å². The normalized spacial score (nSPS) is 11.0. The van der Waals surface area contributed by atoms with E-state index in [4.69, 9.17) is 0 Å². The highest BCUT2D eigenvalue weighted by Gasteiger charge is 2.09. The first-order valence-corrected chi connectivity index (χ1v) is 8.10. The number of halogens is 1. The second-order valence-corrected chi connectivity index (χ2v) is 6.76. The summed E-state index contributed by atoms with van der Waals surface area (Å²) in [5, 5.41) is 3.15. The minimum Gasteiger partial charge on any atom is -0.300 e. The van der Waals surface area contributed by atoms with Gasteiger partial charge in [-0.1, -0.05) is 28.1 Å². The van der Waals surface area contributed by atoms with Crippen LogP contribution >= 0.6 is 27.3 Å². The fourth-order valence-corrected chi connectivity index (χ4v) is 2.94. The summed E-state index contributed by atoms with van der Waals surface area (Å²) in [5.41, 5.74) is 1.84. The zero-order chi connectivity index (χ0) is 14.5. The van der Waals surface area contributed by atoms with Crippen LogP contribution in [0.4, 0.5) is 0 Å². The van der Waals surface area contributed by atoms with Gasteiger partial charge in [-0.05, 0) is 26.1 Å². The van der Waals surface area contributed by atoms with Crippen LogP contribution in [-0.4, -0.2) is 29.3 Å². The first kappa shape index (κ1) is 15.4. The number of hydrogen-bond acceptors (Lipinski definition) is 4. The Morgan fingerprint density at radius 1 is 1.45 bits per heavy atom. The van der Waals surface area contributed by atoms with Gasteiger partial charge < -0.3 is 4.90 Å². The Labute approximate surface area is 131 Å². The molecule has 2 rings (SSSR count). The van der Waals surface area contributed by atoms with Gasteiger partial charge in [0.05, 0.1) is 10.7 Å². The van der Waals surface area contributed by atoms with Crippen molar-refractivity contribution in [3.63, 3.8) is 0 Å². The van der Waals surface area contributed by atoms with Gasteiger partial charge in [-0.3, -0.25) is 4.79 Å². The molecule has 0 aliphatic carbocycles. The summed E-state index contributed by atoms with van der Waals surface area (Å²) in [6, 6.07) is 7.54. The minimum absolute atomic E-state index is 0.174. The van der Waals surface area contributed by atoms with Crippen molar-refractivity contribution in [3.8, 4) is 0 Å². The van der Waals surface area contributed by atoms with Crippen molar-refractivity contribution < 1.29 is 4.79 Å². The minimum atomic E-state index is 0.174. The first-order chi connectivity index (χ1) is 9.54. The predicted molar refractivity (Wildman–Crippen MR) is 86.3 cm³/mol. The van der Waals surface area contributed by atoms with E-state index in [1.807, 2.05) is 38.2 Å². The highest BCUT2D eigenvalue weighted by atomic mass is 79.9. The molecule has 0 N–H and O–H groups in total. The number of nitrogens with zero attached hydrogens (tertiary/aromatic N) is 2. The molecule has 0 aliphatic rings. The summed E-state index contributed by atoms with van der Waals surface area (Å²) < 4.78 is 0.939. The quantitative estimate of drug-likeness (QED) is 0.738. The summed E-state index contributed by atoms with van der Waals surface area (Å²) in [6.07, 6.45) is 0.524. The van der Waals surface area contributed by atoms with E-state index < -0.39 is 0 Å². The smallest absolute Gasteiger partial charge is 0.164 e. The summed E-state index contributed by atoms with van der Waals surface area (Å²) in [5.74, 6) is 0.174. The van der Waals surface area contributed by atoms with Crippen LogP contribution in [0.1, 0.15) is 27.5 Å². The second-order valence-electron chi connectivity index (χ2n) is 4.78. The fourth-order valence-electron chi connectivity index (χ4n) is 1.94. The molecular formula is C15H17BrN2OS. The largest absolute Gasteiger partial charge is 0.300 e. The number of carbonyl (C=O) groups excluding carboxylic acids is 1. The lowest BCUT2D eigenvalue weighted by atomic mass is 10.1. The molecule has 1 aromatic carbocycles. The van der Waals surface area contributed by atoms with Gasteiger partial charge in [0.15, 0.2) is 5.78 Å². The van der Waals surface area contributed by atoms with Crippen molar-refractivity contribution in [2.45, 2.75) is 19.9 Å². The summed E-state index contributed by atoms with van der Waals surface area (Å²) in [4.78, 5) is 18.7. The average molecular weight is 353 g/mol. The van der Waals surface area contributed by atoms with Crippen LogP contribution in [0.5, 0.6) is 0 Å². The van der Waals surface area contributed by atoms with Gasteiger partial charge in [-0.2, -0.15) is 0 Å². The second kappa shape index (κ2) is 7.11. The highest BCUT2D eigenvalue weighted by Crippen LogP contribution is 2.14. The highest BCUT2D eigenvalue weighted by molar-refractivity contribution is 9.10. The summed E-state index contributed by atoms with van der Waals surface area (Å²) in [6.45, 7) is 3.53. The van der Waals surface area contributed by atoms with Crippen LogP contribution in [0.3, 0.4) is 0 Å². The number of Topliss-reactive ketones (excluding diaryl/α,β-unsaturated/α-hetero) is 1. The van der Waals surface area contributed by atoms with Crippen LogP contribution in [0.2, 0.25) is 0 Å². The van der Waals surface area contributed by atoms with E-state index in [9.17, 15) is 4.79 Å². The number of aromatic nitrogens is 1. The van der Waals surface area contributed by atoms with Gasteiger partial charge in [0, 0.05) is 34.9 Å². The molecule has 0 saturated carbocycles. The Hall–Kier alpha value is -1.04. The molecule has 0 unspecified atom stereocenters. The molecule has 0 fully saturated rings. The zero-order valence-corrected chi connectivity index (χ0v) is 14.0. The third-order valence-corrected chi connectivity index (χ3v) is 4.28. The van der Waals surface area contributed by atoms with Crippen molar-refractivity contribution in [1.82, 2.24) is 9.88 Å². The van der Waals surface area contributed by atoms with Crippen molar-refractivity contribution in [2.24, 2.45) is 0 Å². The van der Waals surface area contributed by atoms with E-state index in [-0.39, 0.29) is 5.78 Å². The lowest BCUT2D eigenvalue weighted by Gasteiger charge is -2.14. The van der Waals surface area contributed by atoms with Gasteiger partial charge in [0.25, 0.3) is 0 Å². The number of aryl methyl sites for hydroxylation is 1. The number of benzene rings is 1. The van der Waals surface area contributed by atoms with Crippen LogP contribution < -0.4 is 0 Å². The summed E-state index contributed by atoms with van der Waals surface area (Å²) >= 11 is 5.05. The zero-order valence-electron chi connectivity index (χ0n) is 11.6. The predicted octanol–water partition coefficient (Wildman–Crippen LogP) is 3.92. The van der Waals surface area contributed by atoms with Gasteiger partial charge in [-0.25, -0.2) is 4.98 Å². The third kappa shape index (κ3) is 4.51. The SMILES string of the molecule is Cc1nc(CN(C)CCC(=O)c2cccc(Br)c2)cs1. The fraction of sp³-hybridized carbons (Fsp3) is 0.333. The number of thiazole rings is 1. The number of ketones is 1. The van der Waals surface area contributed by atoms with Crippen LogP contribution in [0.15, 0.2) is 34.1 Å². The average Bonchev–Trinajstić information content (AvgIpc) is 2.81. The first-order valence-electron chi connectivity index (χ1n) is 6.43. The number of hydrogen-bond donors (Lipinski definition) is 0. The van der Waals surface area contributed by atoms with E-state index in [0.29, 0.717) is 6.42 Å². The molecule has 0 spiro atoms. The van der Waals surface area contributed by atoms with E-state index >= 15 is 0 Å². The number of rotatable bonds is 6. The molecule has 5 heteroatoms. The molecular weight excluding hydrogens is 336 g/mol. The van der Waals surface area contributed by atoms with Crippen molar-refractivity contribution in [3.05, 3.63) is 50.4 Å². The molecule has 0 aliphatic heterocycles. The Morgan fingerprint density at radius 2 is 2.25 bits per heavy atom. The van der Waals surface area contributed by atoms with Gasteiger partial charge >= 0.3 is 0 Å². The lowest BCUT2D eigenvalue weighted by molar-refractivity contribution is 0.0967. The Balaban J connectivity index is 1.84. The standard InChI is InChI=1S/C15H17BrN2OS/c1-11-17-14(10-20-11)9-18(2)7-6-15(19)12-4-3-5-13(16)8-12/h3-5,8,10H,6-7,9H2,1-2H3. The van der Waals surface area contributed by atoms with Crippen LogP contribution in [-0.2, 0) is 6.54 Å². The molecule has 0 saturated heterocycles. The lowest BCUT2D eigenvalue weighted by Crippen LogP contribution is -2.21. The van der Waals surface area contributed by atoms with E-state index in [2.05, 4.69) is 31.2 Å². The maximum absolute atomic E-state index is 12.1. The maximum atomic E-state index is 12.1. The third-order valence-electron chi connectivity index (χ3n) is 2.97. The molecule has 1 heterocycles. The molecule has 3 nitrogen and oxygen atoms in total. The van der Waals surface area contributed by atoms with Gasteiger partial charge in [0.1, 0.15) is 0 Å². The molecule has 0 atom stereocenters. The van der Waals surface area contributed by atoms with Crippen molar-refractivity contribution in [1.29, 1.82) is 0 Å². The topological polar surface area (TPSA) is 33.2 Å². The van der Waals surface area contributed by atoms with E-state index in [1.165, 1.54) is 0 Å². The Morgan fingerprint density at radius 3 is 2.90 bits per heavy atom. The molecule has 1 aromatic heterocycles. The van der Waals surface area contributed by atoms with Crippen molar-refractivity contribution in [2.75, 3.05) is 13.6 Å². The van der Waals surface area contributed by atoms with Gasteiger partial charge in [0.2, 0.25) is 0 Å². The van der Waals surface area contributed by atoms with Crippen LogP contribution in [0.25, 0.3) is 0 Å². The van der Waals surface area contributed by atoms with Crippen LogP contribution in [0, 0.1) is 6.92 Å². The van der Waals surface area contributed by atoms with E-state index in [1.54, 1.807) is 11.3 Å². The Kier molecular flexibility index (Phi) is 5.46. The molecule has 0 bridgehead atoms. The molecule has 106 valence electrons. The Bertz CT molecular complexity index is 597.